The van der Waals surface area contributed by atoms with Crippen molar-refractivity contribution in [3.63, 3.8) is 0 Å². The summed E-state index contributed by atoms with van der Waals surface area (Å²) in [6.45, 7) is 6.81. The second kappa shape index (κ2) is 6.30. The molecule has 1 aromatic rings. The molecule has 0 aromatic carbocycles. The van der Waals surface area contributed by atoms with Gasteiger partial charge < -0.3 is 15.4 Å². The quantitative estimate of drug-likeness (QED) is 0.753. The molecule has 2 rings (SSSR count). The van der Waals surface area contributed by atoms with Gasteiger partial charge in [-0.25, -0.2) is 4.98 Å². The first-order valence-corrected chi connectivity index (χ1v) is 6.66. The molecule has 1 fully saturated rings. The Labute approximate surface area is 100 Å². The summed E-state index contributed by atoms with van der Waals surface area (Å²) in [5.74, 6) is 0. The Morgan fingerprint density at radius 2 is 2.62 bits per heavy atom. The van der Waals surface area contributed by atoms with Crippen molar-refractivity contribution in [2.45, 2.75) is 26.0 Å². The monoisotopic (exact) mass is 241 g/mol. The number of ether oxygens (including phenoxy) is 1. The van der Waals surface area contributed by atoms with Gasteiger partial charge in [-0.15, -0.1) is 11.3 Å². The second-order valence-electron chi connectivity index (χ2n) is 4.02. The van der Waals surface area contributed by atoms with Gasteiger partial charge in [0.2, 0.25) is 0 Å². The number of thiazole rings is 1. The Balaban J connectivity index is 1.59. The summed E-state index contributed by atoms with van der Waals surface area (Å²) in [6, 6.07) is 0. The van der Waals surface area contributed by atoms with Crippen molar-refractivity contribution in [3.05, 3.63) is 16.1 Å². The first kappa shape index (κ1) is 12.0. The fraction of sp³-hybridized carbons (Fsp3) is 0.727. The lowest BCUT2D eigenvalue weighted by Gasteiger charge is -2.23. The van der Waals surface area contributed by atoms with Gasteiger partial charge in [-0.05, 0) is 19.9 Å². The van der Waals surface area contributed by atoms with Crippen LogP contribution >= 0.6 is 11.3 Å². The Kier molecular flexibility index (Phi) is 4.71. The average molecular weight is 241 g/mol. The van der Waals surface area contributed by atoms with Crippen LogP contribution in [0.15, 0.2) is 5.51 Å². The molecule has 2 N–H and O–H groups in total. The molecule has 0 radical (unpaired) electrons. The topological polar surface area (TPSA) is 46.2 Å². The molecule has 90 valence electrons. The molecule has 0 aliphatic carbocycles. The second-order valence-corrected chi connectivity index (χ2v) is 4.96. The highest BCUT2D eigenvalue weighted by Gasteiger charge is 2.12. The van der Waals surface area contributed by atoms with Crippen molar-refractivity contribution in [2.75, 3.05) is 26.2 Å². The van der Waals surface area contributed by atoms with E-state index in [9.17, 15) is 0 Å². The van der Waals surface area contributed by atoms with E-state index in [4.69, 9.17) is 4.74 Å². The van der Waals surface area contributed by atoms with Gasteiger partial charge in [0, 0.05) is 24.5 Å². The Bertz CT molecular complexity index is 310. The lowest BCUT2D eigenvalue weighted by atomic mass is 10.2. The fourth-order valence-electron chi connectivity index (χ4n) is 1.77. The van der Waals surface area contributed by atoms with E-state index >= 15 is 0 Å². The summed E-state index contributed by atoms with van der Waals surface area (Å²) in [7, 11) is 0. The van der Waals surface area contributed by atoms with Crippen LogP contribution in [0.2, 0.25) is 0 Å². The zero-order valence-electron chi connectivity index (χ0n) is 9.66. The molecule has 1 atom stereocenters. The van der Waals surface area contributed by atoms with Gasteiger partial charge in [-0.2, -0.15) is 0 Å². The van der Waals surface area contributed by atoms with Gasteiger partial charge >= 0.3 is 0 Å². The highest BCUT2D eigenvalue weighted by molar-refractivity contribution is 7.09. The predicted octanol–water partition coefficient (Wildman–Crippen LogP) is 0.920. The van der Waals surface area contributed by atoms with E-state index in [1.54, 1.807) is 11.3 Å². The summed E-state index contributed by atoms with van der Waals surface area (Å²) in [4.78, 5) is 5.56. The predicted molar refractivity (Wildman–Crippen MR) is 65.8 cm³/mol. The van der Waals surface area contributed by atoms with Crippen LogP contribution in [-0.2, 0) is 11.3 Å². The third-order valence-corrected chi connectivity index (χ3v) is 3.71. The van der Waals surface area contributed by atoms with Crippen LogP contribution in [0.3, 0.4) is 0 Å². The third-order valence-electron chi connectivity index (χ3n) is 2.78. The van der Waals surface area contributed by atoms with Crippen LogP contribution < -0.4 is 10.6 Å². The van der Waals surface area contributed by atoms with Gasteiger partial charge in [0.05, 0.1) is 23.9 Å². The maximum atomic E-state index is 5.63. The summed E-state index contributed by atoms with van der Waals surface area (Å²) in [6.07, 6.45) is 1.45. The fourth-order valence-corrected chi connectivity index (χ4v) is 2.51. The molecule has 1 unspecified atom stereocenters. The zero-order chi connectivity index (χ0) is 11.2. The number of nitrogens with one attached hydrogen (secondary N) is 2. The van der Waals surface area contributed by atoms with Crippen molar-refractivity contribution >= 4 is 11.3 Å². The molecule has 5 heteroatoms. The normalized spacial score (nSPS) is 21.2. The van der Waals surface area contributed by atoms with E-state index in [0.717, 1.165) is 44.9 Å². The number of hydrogen-bond donors (Lipinski definition) is 2. The summed E-state index contributed by atoms with van der Waals surface area (Å²) < 4.78 is 5.63. The molecule has 0 amide bonds. The highest BCUT2D eigenvalue weighted by Crippen LogP contribution is 2.11. The number of rotatable bonds is 5. The third kappa shape index (κ3) is 3.52. The minimum atomic E-state index is 0.379. The van der Waals surface area contributed by atoms with Crippen LogP contribution in [0.4, 0.5) is 0 Å². The molecule has 4 nitrogen and oxygen atoms in total. The van der Waals surface area contributed by atoms with E-state index in [-0.39, 0.29) is 0 Å². The van der Waals surface area contributed by atoms with Crippen molar-refractivity contribution < 1.29 is 4.74 Å². The lowest BCUT2D eigenvalue weighted by Crippen LogP contribution is -2.39. The summed E-state index contributed by atoms with van der Waals surface area (Å²) >= 11 is 1.72. The Morgan fingerprint density at radius 1 is 1.69 bits per heavy atom. The minimum absolute atomic E-state index is 0.379. The Hall–Kier alpha value is -0.490. The van der Waals surface area contributed by atoms with Gasteiger partial charge in [0.1, 0.15) is 0 Å². The summed E-state index contributed by atoms with van der Waals surface area (Å²) in [5, 5.41) is 6.78. The zero-order valence-corrected chi connectivity index (χ0v) is 10.5. The van der Waals surface area contributed by atoms with Gasteiger partial charge in [-0.3, -0.25) is 0 Å². The molecule has 0 bridgehead atoms. The highest BCUT2D eigenvalue weighted by atomic mass is 32.1. The van der Waals surface area contributed by atoms with Crippen molar-refractivity contribution in [3.8, 4) is 0 Å². The molecule has 0 saturated carbocycles. The largest absolute Gasteiger partial charge is 0.376 e. The van der Waals surface area contributed by atoms with Gasteiger partial charge in [0.25, 0.3) is 0 Å². The summed E-state index contributed by atoms with van der Waals surface area (Å²) in [5.41, 5.74) is 3.05. The Morgan fingerprint density at radius 3 is 3.31 bits per heavy atom. The number of nitrogens with zero attached hydrogens (tertiary/aromatic N) is 1. The van der Waals surface area contributed by atoms with Crippen LogP contribution in [0.25, 0.3) is 0 Å². The van der Waals surface area contributed by atoms with Crippen LogP contribution in [0, 0.1) is 6.92 Å². The first-order chi connectivity index (χ1) is 7.86. The van der Waals surface area contributed by atoms with Crippen molar-refractivity contribution in [1.82, 2.24) is 15.6 Å². The number of hydrogen-bond acceptors (Lipinski definition) is 5. The standard InChI is InChI=1S/C11H19N3OS/c1-9-11(16-8-14-9)7-12-3-2-10-6-13-4-5-15-10/h8,10,12-13H,2-7H2,1H3. The average Bonchev–Trinajstić information content (AvgIpc) is 2.72. The van der Waals surface area contributed by atoms with Crippen LogP contribution in [0.5, 0.6) is 0 Å². The molecular formula is C11H19N3OS. The van der Waals surface area contributed by atoms with Crippen LogP contribution in [0.1, 0.15) is 17.0 Å². The number of aryl methyl sites for hydroxylation is 1. The van der Waals surface area contributed by atoms with E-state index < -0.39 is 0 Å². The first-order valence-electron chi connectivity index (χ1n) is 5.78. The van der Waals surface area contributed by atoms with Gasteiger partial charge in [0.15, 0.2) is 0 Å². The molecule has 2 heterocycles. The van der Waals surface area contributed by atoms with E-state index in [1.807, 2.05) is 5.51 Å². The van der Waals surface area contributed by atoms with E-state index in [0.29, 0.717) is 6.10 Å². The van der Waals surface area contributed by atoms with E-state index in [1.165, 1.54) is 4.88 Å². The number of aromatic nitrogens is 1. The van der Waals surface area contributed by atoms with E-state index in [2.05, 4.69) is 22.5 Å². The molecule has 1 saturated heterocycles. The van der Waals surface area contributed by atoms with Gasteiger partial charge in [-0.1, -0.05) is 0 Å². The van der Waals surface area contributed by atoms with Crippen molar-refractivity contribution in [2.24, 2.45) is 0 Å². The maximum absolute atomic E-state index is 5.63. The molecule has 1 aliphatic rings. The minimum Gasteiger partial charge on any atom is -0.376 e. The smallest absolute Gasteiger partial charge is 0.0798 e. The maximum Gasteiger partial charge on any atom is 0.0798 e. The lowest BCUT2D eigenvalue weighted by molar-refractivity contribution is 0.0238. The number of morpholine rings is 1. The van der Waals surface area contributed by atoms with Crippen LogP contribution in [-0.4, -0.2) is 37.3 Å². The SMILES string of the molecule is Cc1ncsc1CNCCC1CNCCO1. The molecular weight excluding hydrogens is 222 g/mol. The molecule has 0 spiro atoms. The molecule has 1 aliphatic heterocycles. The molecule has 16 heavy (non-hydrogen) atoms. The molecule has 1 aromatic heterocycles. The van der Waals surface area contributed by atoms with Crippen molar-refractivity contribution in [1.29, 1.82) is 0 Å².